The van der Waals surface area contributed by atoms with Crippen molar-refractivity contribution in [3.05, 3.63) is 35.4 Å². The van der Waals surface area contributed by atoms with Gasteiger partial charge in [-0.05, 0) is 11.6 Å². The van der Waals surface area contributed by atoms with Gasteiger partial charge in [-0.25, -0.2) is 4.79 Å². The predicted octanol–water partition coefficient (Wildman–Crippen LogP) is 3.12. The van der Waals surface area contributed by atoms with E-state index in [0.717, 1.165) is 12.1 Å². The molecule has 0 saturated heterocycles. The van der Waals surface area contributed by atoms with Gasteiger partial charge in [0, 0.05) is 6.42 Å². The van der Waals surface area contributed by atoms with Crippen molar-refractivity contribution in [1.29, 1.82) is 0 Å². The fourth-order valence-corrected chi connectivity index (χ4v) is 1.22. The zero-order valence-corrected chi connectivity index (χ0v) is 8.26. The second kappa shape index (κ2) is 4.31. The first-order valence-electron chi connectivity index (χ1n) is 4.41. The number of alkyl halides is 5. The summed E-state index contributed by atoms with van der Waals surface area (Å²) < 4.78 is 61.3. The molecule has 1 N–H and O–H groups in total. The molecule has 0 spiro atoms. The summed E-state index contributed by atoms with van der Waals surface area (Å²) >= 11 is 0. The van der Waals surface area contributed by atoms with Crippen LogP contribution < -0.4 is 0 Å². The van der Waals surface area contributed by atoms with Gasteiger partial charge in [-0.15, -0.1) is 0 Å². The number of carboxylic acid groups (broad SMARTS) is 1. The molecule has 0 fully saturated rings. The number of carbonyl (C=O) groups is 1. The van der Waals surface area contributed by atoms with Crippen LogP contribution in [0.5, 0.6) is 0 Å². The monoisotopic (exact) mass is 254 g/mol. The van der Waals surface area contributed by atoms with Crippen molar-refractivity contribution in [1.82, 2.24) is 0 Å². The Kier molecular flexibility index (Phi) is 3.40. The molecule has 7 heteroatoms. The summed E-state index contributed by atoms with van der Waals surface area (Å²) in [5, 5.41) is 8.64. The second-order valence-electron chi connectivity index (χ2n) is 3.34. The molecule has 0 aliphatic heterocycles. The highest BCUT2D eigenvalue weighted by atomic mass is 19.4. The van der Waals surface area contributed by atoms with Crippen LogP contribution in [-0.2, 0) is 6.42 Å². The minimum Gasteiger partial charge on any atom is -0.478 e. The topological polar surface area (TPSA) is 37.3 Å². The first kappa shape index (κ1) is 13.4. The Hall–Kier alpha value is -1.66. The first-order valence-corrected chi connectivity index (χ1v) is 4.41. The van der Waals surface area contributed by atoms with Crippen molar-refractivity contribution in [2.24, 2.45) is 0 Å². The summed E-state index contributed by atoms with van der Waals surface area (Å²) in [5.74, 6) is -6.49. The average Bonchev–Trinajstić information content (AvgIpc) is 2.15. The van der Waals surface area contributed by atoms with Crippen LogP contribution in [0.3, 0.4) is 0 Å². The summed E-state index contributed by atoms with van der Waals surface area (Å²) in [6, 6.07) is 4.36. The maximum absolute atomic E-state index is 12.7. The maximum Gasteiger partial charge on any atom is 0.453 e. The zero-order chi connectivity index (χ0) is 13.3. The number of halogens is 5. The Bertz CT molecular complexity index is 425. The Morgan fingerprint density at radius 2 is 1.65 bits per heavy atom. The van der Waals surface area contributed by atoms with E-state index in [1.54, 1.807) is 0 Å². The Labute approximate surface area is 92.7 Å². The van der Waals surface area contributed by atoms with Crippen molar-refractivity contribution in [3.8, 4) is 0 Å². The molecule has 0 aliphatic rings. The van der Waals surface area contributed by atoms with Crippen molar-refractivity contribution in [2.45, 2.75) is 18.5 Å². The third-order valence-electron chi connectivity index (χ3n) is 2.07. The third-order valence-corrected chi connectivity index (χ3v) is 2.07. The molecule has 0 radical (unpaired) electrons. The van der Waals surface area contributed by atoms with Crippen LogP contribution in [-0.4, -0.2) is 23.2 Å². The lowest BCUT2D eigenvalue weighted by atomic mass is 10.0. The maximum atomic E-state index is 12.7. The third kappa shape index (κ3) is 2.92. The average molecular weight is 254 g/mol. The Morgan fingerprint density at radius 3 is 2.12 bits per heavy atom. The molecule has 0 aliphatic carbocycles. The van der Waals surface area contributed by atoms with Gasteiger partial charge < -0.3 is 5.11 Å². The van der Waals surface area contributed by atoms with E-state index in [1.807, 2.05) is 0 Å². The Balaban J connectivity index is 3.08. The number of benzene rings is 1. The molecule has 0 heterocycles. The fraction of sp³-hybridized carbons (Fsp3) is 0.300. The van der Waals surface area contributed by atoms with Crippen LogP contribution in [0.2, 0.25) is 0 Å². The van der Waals surface area contributed by atoms with Gasteiger partial charge in [0.25, 0.3) is 0 Å². The van der Waals surface area contributed by atoms with Crippen molar-refractivity contribution < 1.29 is 31.9 Å². The van der Waals surface area contributed by atoms with Gasteiger partial charge in [0.05, 0.1) is 5.56 Å². The molecular formula is C10H7F5O2. The van der Waals surface area contributed by atoms with Gasteiger partial charge in [-0.2, -0.15) is 22.0 Å². The van der Waals surface area contributed by atoms with Gasteiger partial charge >= 0.3 is 18.1 Å². The van der Waals surface area contributed by atoms with E-state index >= 15 is 0 Å². The summed E-state index contributed by atoms with van der Waals surface area (Å²) in [6.07, 6.45) is -7.38. The van der Waals surface area contributed by atoms with E-state index in [4.69, 9.17) is 5.11 Å². The number of hydrogen-bond acceptors (Lipinski definition) is 1. The van der Waals surface area contributed by atoms with E-state index in [0.29, 0.717) is 0 Å². The summed E-state index contributed by atoms with van der Waals surface area (Å²) in [4.78, 5) is 10.6. The van der Waals surface area contributed by atoms with Crippen molar-refractivity contribution >= 4 is 5.97 Å². The molecule has 0 amide bonds. The molecule has 2 nitrogen and oxygen atoms in total. The van der Waals surface area contributed by atoms with E-state index < -0.39 is 35.6 Å². The molecule has 1 aromatic rings. The van der Waals surface area contributed by atoms with Crippen LogP contribution in [0.25, 0.3) is 0 Å². The smallest absolute Gasteiger partial charge is 0.453 e. The van der Waals surface area contributed by atoms with E-state index in [1.165, 1.54) is 12.1 Å². The van der Waals surface area contributed by atoms with Gasteiger partial charge in [-0.1, -0.05) is 18.2 Å². The predicted molar refractivity (Wildman–Crippen MR) is 48.1 cm³/mol. The summed E-state index contributed by atoms with van der Waals surface area (Å²) in [6.45, 7) is 0. The molecule has 0 atom stereocenters. The summed E-state index contributed by atoms with van der Waals surface area (Å²) in [7, 11) is 0. The van der Waals surface area contributed by atoms with Gasteiger partial charge in [0.1, 0.15) is 0 Å². The summed E-state index contributed by atoms with van der Waals surface area (Å²) in [5.41, 5.74) is -1.11. The molecule has 1 rings (SSSR count). The van der Waals surface area contributed by atoms with Crippen LogP contribution in [0, 0.1) is 0 Å². The lowest BCUT2D eigenvalue weighted by Gasteiger charge is -2.20. The quantitative estimate of drug-likeness (QED) is 0.841. The number of hydrogen-bond donors (Lipinski definition) is 1. The molecule has 0 aromatic heterocycles. The van der Waals surface area contributed by atoms with Crippen LogP contribution >= 0.6 is 0 Å². The van der Waals surface area contributed by atoms with Crippen LogP contribution in [0.4, 0.5) is 22.0 Å². The van der Waals surface area contributed by atoms with E-state index in [2.05, 4.69) is 0 Å². The van der Waals surface area contributed by atoms with Crippen molar-refractivity contribution in [2.75, 3.05) is 0 Å². The standard InChI is InChI=1S/C10H7F5O2/c11-9(12,10(13,14)15)5-6-3-1-2-4-7(6)8(16)17/h1-4H,5H2,(H,16,17). The molecule has 1 aromatic carbocycles. The van der Waals surface area contributed by atoms with Gasteiger partial charge in [-0.3, -0.25) is 0 Å². The normalized spacial score (nSPS) is 12.5. The molecule has 0 unspecified atom stereocenters. The van der Waals surface area contributed by atoms with Gasteiger partial charge in [0.2, 0.25) is 0 Å². The minimum atomic E-state index is -5.70. The minimum absolute atomic E-state index is 0.553. The number of rotatable bonds is 3. The first-order chi connectivity index (χ1) is 7.65. The van der Waals surface area contributed by atoms with Crippen molar-refractivity contribution in [3.63, 3.8) is 0 Å². The molecule has 17 heavy (non-hydrogen) atoms. The SMILES string of the molecule is O=C(O)c1ccccc1CC(F)(F)C(F)(F)F. The van der Waals surface area contributed by atoms with E-state index in [-0.39, 0.29) is 0 Å². The highest BCUT2D eigenvalue weighted by molar-refractivity contribution is 5.89. The van der Waals surface area contributed by atoms with E-state index in [9.17, 15) is 26.7 Å². The zero-order valence-electron chi connectivity index (χ0n) is 8.26. The Morgan fingerprint density at radius 1 is 1.12 bits per heavy atom. The number of carboxylic acids is 1. The molecule has 0 saturated carbocycles. The van der Waals surface area contributed by atoms with Crippen LogP contribution in [0.1, 0.15) is 15.9 Å². The molecular weight excluding hydrogens is 247 g/mol. The lowest BCUT2D eigenvalue weighted by Crippen LogP contribution is -2.38. The highest BCUT2D eigenvalue weighted by Crippen LogP contribution is 2.38. The molecule has 94 valence electrons. The second-order valence-corrected chi connectivity index (χ2v) is 3.34. The largest absolute Gasteiger partial charge is 0.478 e. The number of aromatic carboxylic acids is 1. The fourth-order valence-electron chi connectivity index (χ4n) is 1.22. The lowest BCUT2D eigenvalue weighted by molar-refractivity contribution is -0.281. The molecule has 0 bridgehead atoms. The van der Waals surface area contributed by atoms with Crippen LogP contribution in [0.15, 0.2) is 24.3 Å². The highest BCUT2D eigenvalue weighted by Gasteiger charge is 2.57. The van der Waals surface area contributed by atoms with Gasteiger partial charge in [0.15, 0.2) is 0 Å².